The lowest BCUT2D eigenvalue weighted by Gasteiger charge is -2.27. The van der Waals surface area contributed by atoms with Crippen LogP contribution in [0.25, 0.3) is 17.0 Å². The number of hydrogen-bond acceptors (Lipinski definition) is 7. The van der Waals surface area contributed by atoms with Gasteiger partial charge >= 0.3 is 12.1 Å². The number of methoxy groups -OCH3 is 1. The Bertz CT molecular complexity index is 1800. The van der Waals surface area contributed by atoms with Crippen molar-refractivity contribution in [1.82, 2.24) is 4.90 Å². The lowest BCUT2D eigenvalue weighted by Crippen LogP contribution is -2.31. The molecule has 4 aromatic rings. The van der Waals surface area contributed by atoms with Crippen LogP contribution in [0.5, 0.6) is 23.0 Å². The van der Waals surface area contributed by atoms with Crippen LogP contribution in [0.15, 0.2) is 69.9 Å². The summed E-state index contributed by atoms with van der Waals surface area (Å²) < 4.78 is 65.5. The third-order valence-electron chi connectivity index (χ3n) is 7.05. The molecule has 0 radical (unpaired) electrons. The van der Waals surface area contributed by atoms with Gasteiger partial charge in [0.1, 0.15) is 22.8 Å². The molecular weight excluding hydrogens is 635 g/mol. The first kappa shape index (κ1) is 35.6. The number of aryl methyl sites for hydroxylation is 1. The van der Waals surface area contributed by atoms with E-state index in [1.54, 1.807) is 38.3 Å². The first-order chi connectivity index (χ1) is 22.2. The van der Waals surface area contributed by atoms with E-state index in [1.165, 1.54) is 42.5 Å². The highest BCUT2D eigenvalue weighted by molar-refractivity contribution is 6.31. The van der Waals surface area contributed by atoms with Crippen molar-refractivity contribution in [2.45, 2.75) is 47.3 Å². The van der Waals surface area contributed by atoms with E-state index in [1.807, 2.05) is 32.6 Å². The summed E-state index contributed by atoms with van der Waals surface area (Å²) in [4.78, 5) is 28.8. The number of hydrogen-bond donors (Lipinski definition) is 0. The molecule has 0 bridgehead atoms. The molecule has 11 heteroatoms. The number of fused-ring (bicyclic) bond motifs is 1. The maximum Gasteiger partial charge on any atom is 0.453 e. The van der Waals surface area contributed by atoms with Gasteiger partial charge in [0.15, 0.2) is 0 Å². The summed E-state index contributed by atoms with van der Waals surface area (Å²) in [5.74, 6) is -2.36. The van der Waals surface area contributed by atoms with Gasteiger partial charge in [0, 0.05) is 30.7 Å². The fourth-order valence-electron chi connectivity index (χ4n) is 5.08. The number of nitrogens with zero attached hydrogens (tertiary/aromatic N) is 1. The largest absolute Gasteiger partial charge is 0.497 e. The van der Waals surface area contributed by atoms with Gasteiger partial charge in [-0.3, -0.25) is 9.69 Å². The average Bonchev–Trinajstić information content (AvgIpc) is 2.99. The number of benzene rings is 3. The normalized spacial score (nSPS) is 12.1. The van der Waals surface area contributed by atoms with E-state index in [4.69, 9.17) is 30.2 Å². The molecule has 47 heavy (non-hydrogen) atoms. The van der Waals surface area contributed by atoms with E-state index < -0.39 is 29.1 Å². The van der Waals surface area contributed by atoms with Gasteiger partial charge in [-0.1, -0.05) is 51.4 Å². The molecule has 7 nitrogen and oxygen atoms in total. The molecule has 0 saturated heterocycles. The Kier molecular flexibility index (Phi) is 11.4. The maximum absolute atomic E-state index is 14.5. The fourth-order valence-corrected chi connectivity index (χ4v) is 5.20. The monoisotopic (exact) mass is 671 g/mol. The molecule has 3 aromatic carbocycles. The van der Waals surface area contributed by atoms with Crippen LogP contribution in [-0.4, -0.2) is 31.1 Å². The van der Waals surface area contributed by atoms with Crippen molar-refractivity contribution >= 4 is 34.6 Å². The molecule has 0 atom stereocenters. The number of esters is 1. The molecule has 0 fully saturated rings. The van der Waals surface area contributed by atoms with Crippen molar-refractivity contribution in [3.63, 3.8) is 0 Å². The second-order valence-electron chi connectivity index (χ2n) is 12.0. The molecule has 0 aliphatic heterocycles. The molecule has 0 aliphatic carbocycles. The summed E-state index contributed by atoms with van der Waals surface area (Å²) in [6.07, 6.45) is -2.35. The highest BCUT2D eigenvalue weighted by atomic mass is 35.5. The molecule has 4 rings (SSSR count). The Morgan fingerprint density at radius 1 is 0.979 bits per heavy atom. The second kappa shape index (κ2) is 15.1. The van der Waals surface area contributed by atoms with Gasteiger partial charge in [-0.05, 0) is 78.4 Å². The van der Waals surface area contributed by atoms with Crippen LogP contribution in [0.2, 0.25) is 5.02 Å². The molecule has 1 heterocycles. The molecule has 0 unspecified atom stereocenters. The summed E-state index contributed by atoms with van der Waals surface area (Å²) in [6.45, 7) is 11.0. The van der Waals surface area contributed by atoms with Crippen molar-refractivity contribution < 1.29 is 36.6 Å². The Balaban J connectivity index is 1.85. The smallest absolute Gasteiger partial charge is 0.453 e. The third-order valence-corrected chi connectivity index (χ3v) is 7.48. The highest BCUT2D eigenvalue weighted by Gasteiger charge is 2.41. The quantitative estimate of drug-likeness (QED) is 0.0844. The number of halogens is 4. The predicted molar refractivity (Wildman–Crippen MR) is 176 cm³/mol. The van der Waals surface area contributed by atoms with Crippen LogP contribution in [0.3, 0.4) is 0 Å². The zero-order valence-electron chi connectivity index (χ0n) is 27.0. The van der Waals surface area contributed by atoms with E-state index in [-0.39, 0.29) is 46.4 Å². The minimum absolute atomic E-state index is 0.0153. The molecule has 0 N–H and O–H groups in total. The van der Waals surface area contributed by atoms with Crippen molar-refractivity contribution in [1.29, 1.82) is 0 Å². The van der Waals surface area contributed by atoms with E-state index in [0.29, 0.717) is 35.0 Å². The molecule has 0 spiro atoms. The first-order valence-electron chi connectivity index (χ1n) is 15.1. The summed E-state index contributed by atoms with van der Waals surface area (Å²) in [5, 5.41) is 0.230. The maximum atomic E-state index is 14.5. The lowest BCUT2D eigenvalue weighted by atomic mass is 10.1. The Morgan fingerprint density at radius 3 is 2.19 bits per heavy atom. The van der Waals surface area contributed by atoms with Gasteiger partial charge in [-0.2, -0.15) is 13.2 Å². The predicted octanol–water partition coefficient (Wildman–Crippen LogP) is 9.31. The lowest BCUT2D eigenvalue weighted by molar-refractivity contribution is -0.154. The zero-order valence-corrected chi connectivity index (χ0v) is 27.8. The van der Waals surface area contributed by atoms with Gasteiger partial charge < -0.3 is 18.6 Å². The number of alkyl halides is 3. The molecule has 0 amide bonds. The molecule has 1 aromatic heterocycles. The van der Waals surface area contributed by atoms with Crippen molar-refractivity contribution in [3.05, 3.63) is 98.4 Å². The Labute approximate surface area is 276 Å². The van der Waals surface area contributed by atoms with Gasteiger partial charge in [-0.15, -0.1) is 0 Å². The summed E-state index contributed by atoms with van der Waals surface area (Å²) in [7, 11) is 1.54. The van der Waals surface area contributed by atoms with Crippen LogP contribution >= 0.6 is 11.6 Å². The Hall–Kier alpha value is -4.28. The van der Waals surface area contributed by atoms with E-state index >= 15 is 0 Å². The second-order valence-corrected chi connectivity index (χ2v) is 12.4. The fraction of sp³-hybridized carbons (Fsp3) is 0.333. The molecule has 0 saturated carbocycles. The first-order valence-corrected chi connectivity index (χ1v) is 15.4. The van der Waals surface area contributed by atoms with E-state index in [0.717, 1.165) is 0 Å². The minimum Gasteiger partial charge on any atom is -0.497 e. The van der Waals surface area contributed by atoms with Gasteiger partial charge in [0.05, 0.1) is 18.1 Å². The van der Waals surface area contributed by atoms with E-state index in [2.05, 4.69) is 0 Å². The topological polar surface area (TPSA) is 78.2 Å². The van der Waals surface area contributed by atoms with Crippen molar-refractivity contribution in [2.75, 3.05) is 20.2 Å². The molecular formula is C36H37ClF3NO6. The highest BCUT2D eigenvalue weighted by Crippen LogP contribution is 2.41. The summed E-state index contributed by atoms with van der Waals surface area (Å²) in [5.41, 5.74) is 0.0122. The zero-order chi connectivity index (χ0) is 34.5. The number of ether oxygens (including phenoxy) is 3. The van der Waals surface area contributed by atoms with Gasteiger partial charge in [-0.25, -0.2) is 4.79 Å². The van der Waals surface area contributed by atoms with Crippen LogP contribution in [0.4, 0.5) is 13.2 Å². The van der Waals surface area contributed by atoms with Crippen LogP contribution in [-0.2, 0) is 17.5 Å². The molecule has 250 valence electrons. The Morgan fingerprint density at radius 2 is 1.62 bits per heavy atom. The average molecular weight is 672 g/mol. The van der Waals surface area contributed by atoms with Crippen molar-refractivity contribution in [3.8, 4) is 23.0 Å². The van der Waals surface area contributed by atoms with Gasteiger partial charge in [0.25, 0.3) is 5.76 Å². The molecule has 0 aliphatic rings. The van der Waals surface area contributed by atoms with Crippen LogP contribution in [0.1, 0.15) is 50.1 Å². The summed E-state index contributed by atoms with van der Waals surface area (Å²) in [6, 6.07) is 13.9. The minimum atomic E-state index is -5.09. The number of rotatable bonds is 12. The van der Waals surface area contributed by atoms with Crippen LogP contribution < -0.4 is 19.6 Å². The number of carbonyl (C=O) groups excluding carboxylic acids is 1. The van der Waals surface area contributed by atoms with Crippen LogP contribution in [0, 0.1) is 18.8 Å². The standard InChI is InChI=1S/C36H37ClF3NO6/c1-21(2)18-41(19-22(3)4)20-28-30(46-31(42)16-9-24-7-10-25(44-6)11-8-24)15-13-27-32(43)34(35(36(38,39)40)47-33(27)28)45-26-12-14-29(37)23(5)17-26/h7-17,21-22H,18-20H2,1-6H3/b16-9+. The SMILES string of the molecule is COc1ccc(/C=C/C(=O)Oc2ccc3c(=O)c(Oc4ccc(Cl)c(C)c4)c(C(F)(F)F)oc3c2CN(CC(C)C)CC(C)C)cc1. The van der Waals surface area contributed by atoms with E-state index in [9.17, 15) is 22.8 Å². The third kappa shape index (κ3) is 9.17. The summed E-state index contributed by atoms with van der Waals surface area (Å²) >= 11 is 6.07. The van der Waals surface area contributed by atoms with Crippen molar-refractivity contribution in [2.24, 2.45) is 11.8 Å². The van der Waals surface area contributed by atoms with Gasteiger partial charge in [0.2, 0.25) is 11.2 Å². The number of carbonyl (C=O) groups is 1.